The minimum Gasteiger partial charge on any atom is -0.391 e. The fraction of sp³-hybridized carbons (Fsp3) is 0.462. The maximum Gasteiger partial charge on any atom is 0.104 e. The Labute approximate surface area is 101 Å². The molecule has 0 radical (unpaired) electrons. The maximum absolute atomic E-state index is 9.87. The lowest BCUT2D eigenvalue weighted by Gasteiger charge is -2.19. The van der Waals surface area contributed by atoms with Crippen LogP contribution in [0.25, 0.3) is 10.9 Å². The van der Waals surface area contributed by atoms with Crippen LogP contribution < -0.4 is 5.32 Å². The van der Waals surface area contributed by atoms with Crippen LogP contribution in [-0.2, 0) is 0 Å². The van der Waals surface area contributed by atoms with Crippen molar-refractivity contribution >= 4 is 16.7 Å². The van der Waals surface area contributed by atoms with Crippen molar-refractivity contribution in [2.75, 3.05) is 5.32 Å². The molecule has 2 atom stereocenters. The number of aromatic amines is 1. The molecule has 2 aromatic rings. The van der Waals surface area contributed by atoms with Crippen LogP contribution in [0, 0.1) is 0 Å². The number of rotatable bonds is 5. The molecule has 0 saturated carbocycles. The summed E-state index contributed by atoms with van der Waals surface area (Å²) in [7, 11) is 0. The lowest BCUT2D eigenvalue weighted by atomic mass is 10.1. The first-order chi connectivity index (χ1) is 8.20. The Hall–Kier alpha value is -1.55. The second-order valence-corrected chi connectivity index (χ2v) is 4.43. The van der Waals surface area contributed by atoms with Gasteiger partial charge in [0.2, 0.25) is 0 Å². The van der Waals surface area contributed by atoms with E-state index in [0.717, 1.165) is 29.6 Å². The first-order valence-electron chi connectivity index (χ1n) is 6.08. The van der Waals surface area contributed by atoms with Gasteiger partial charge in [-0.1, -0.05) is 13.3 Å². The SMILES string of the molecule is CCCC(O)C(C)Nc1cc2ccncc2[nH]1. The Bertz CT molecular complexity index is 447. The molecule has 0 aromatic carbocycles. The number of H-pyrrole nitrogens is 1. The molecule has 0 aliphatic rings. The van der Waals surface area contributed by atoms with Crippen molar-refractivity contribution in [3.8, 4) is 0 Å². The molecule has 2 rings (SSSR count). The summed E-state index contributed by atoms with van der Waals surface area (Å²) in [6.45, 7) is 4.06. The zero-order chi connectivity index (χ0) is 12.3. The first-order valence-corrected chi connectivity index (χ1v) is 6.08. The van der Waals surface area contributed by atoms with Crippen LogP contribution in [0.4, 0.5) is 5.82 Å². The summed E-state index contributed by atoms with van der Waals surface area (Å²) in [5.41, 5.74) is 1.01. The van der Waals surface area contributed by atoms with Crippen molar-refractivity contribution in [3.63, 3.8) is 0 Å². The van der Waals surface area contributed by atoms with Gasteiger partial charge in [0.05, 0.1) is 23.9 Å². The summed E-state index contributed by atoms with van der Waals surface area (Å²) in [5, 5.41) is 14.3. The van der Waals surface area contributed by atoms with Crippen LogP contribution in [0.15, 0.2) is 24.5 Å². The standard InChI is InChI=1S/C13H19N3O/c1-3-4-12(17)9(2)15-13-7-10-5-6-14-8-11(10)16-13/h5-9,12,15-17H,3-4H2,1-2H3. The summed E-state index contributed by atoms with van der Waals surface area (Å²) < 4.78 is 0. The quantitative estimate of drug-likeness (QED) is 0.743. The molecule has 3 N–H and O–H groups in total. The van der Waals surface area contributed by atoms with Gasteiger partial charge in [0.25, 0.3) is 0 Å². The van der Waals surface area contributed by atoms with E-state index in [1.807, 2.05) is 19.1 Å². The fourth-order valence-electron chi connectivity index (χ4n) is 1.94. The molecule has 2 aromatic heterocycles. The van der Waals surface area contributed by atoms with Gasteiger partial charge in [0.1, 0.15) is 5.82 Å². The molecule has 17 heavy (non-hydrogen) atoms. The Balaban J connectivity index is 2.07. The third-order valence-electron chi connectivity index (χ3n) is 2.97. The van der Waals surface area contributed by atoms with Gasteiger partial charge in [-0.25, -0.2) is 0 Å². The highest BCUT2D eigenvalue weighted by Crippen LogP contribution is 2.18. The van der Waals surface area contributed by atoms with Crippen LogP contribution in [0.3, 0.4) is 0 Å². The highest BCUT2D eigenvalue weighted by molar-refractivity contribution is 5.82. The lowest BCUT2D eigenvalue weighted by Crippen LogP contribution is -2.30. The van der Waals surface area contributed by atoms with Crippen molar-refractivity contribution in [1.82, 2.24) is 9.97 Å². The van der Waals surface area contributed by atoms with Gasteiger partial charge in [0, 0.05) is 11.6 Å². The van der Waals surface area contributed by atoms with Crippen LogP contribution in [0.2, 0.25) is 0 Å². The molecule has 0 aliphatic carbocycles. The number of pyridine rings is 1. The Morgan fingerprint density at radius 1 is 1.53 bits per heavy atom. The topological polar surface area (TPSA) is 60.9 Å². The van der Waals surface area contributed by atoms with Gasteiger partial charge in [-0.3, -0.25) is 4.98 Å². The van der Waals surface area contributed by atoms with Crippen molar-refractivity contribution in [1.29, 1.82) is 0 Å². The van der Waals surface area contributed by atoms with Gasteiger partial charge < -0.3 is 15.4 Å². The highest BCUT2D eigenvalue weighted by Gasteiger charge is 2.13. The lowest BCUT2D eigenvalue weighted by molar-refractivity contribution is 0.147. The molecule has 2 unspecified atom stereocenters. The second kappa shape index (κ2) is 5.19. The van der Waals surface area contributed by atoms with E-state index in [2.05, 4.69) is 22.2 Å². The summed E-state index contributed by atoms with van der Waals surface area (Å²) in [6, 6.07) is 4.03. The molecule has 0 spiro atoms. The largest absolute Gasteiger partial charge is 0.391 e. The number of aliphatic hydroxyl groups excluding tert-OH is 1. The minimum absolute atomic E-state index is 0.0379. The van der Waals surface area contributed by atoms with Gasteiger partial charge in [-0.15, -0.1) is 0 Å². The van der Waals surface area contributed by atoms with Crippen molar-refractivity contribution in [2.24, 2.45) is 0 Å². The molecule has 2 heterocycles. The molecule has 0 bridgehead atoms. The summed E-state index contributed by atoms with van der Waals surface area (Å²) in [5.74, 6) is 0.927. The van der Waals surface area contributed by atoms with Gasteiger partial charge in [0.15, 0.2) is 0 Å². The third-order valence-corrected chi connectivity index (χ3v) is 2.97. The minimum atomic E-state index is -0.315. The van der Waals surface area contributed by atoms with Crippen molar-refractivity contribution in [2.45, 2.75) is 38.8 Å². The number of nitrogens with zero attached hydrogens (tertiary/aromatic N) is 1. The highest BCUT2D eigenvalue weighted by atomic mass is 16.3. The molecule has 92 valence electrons. The number of nitrogens with one attached hydrogen (secondary N) is 2. The Kier molecular flexibility index (Phi) is 3.64. The molecule has 4 heteroatoms. The van der Waals surface area contributed by atoms with Gasteiger partial charge in [-0.05, 0) is 25.5 Å². The molecule has 0 saturated heterocycles. The molecule has 4 nitrogen and oxygen atoms in total. The first kappa shape index (κ1) is 11.9. The fourth-order valence-corrected chi connectivity index (χ4v) is 1.94. The van der Waals surface area contributed by atoms with E-state index in [0.29, 0.717) is 0 Å². The number of anilines is 1. The average Bonchev–Trinajstić information content (AvgIpc) is 2.71. The summed E-state index contributed by atoms with van der Waals surface area (Å²) in [6.07, 6.45) is 5.06. The van der Waals surface area contributed by atoms with E-state index in [1.54, 1.807) is 12.4 Å². The number of aliphatic hydroxyl groups is 1. The monoisotopic (exact) mass is 233 g/mol. The summed E-state index contributed by atoms with van der Waals surface area (Å²) >= 11 is 0. The zero-order valence-corrected chi connectivity index (χ0v) is 10.3. The van der Waals surface area contributed by atoms with E-state index >= 15 is 0 Å². The van der Waals surface area contributed by atoms with Gasteiger partial charge >= 0.3 is 0 Å². The van der Waals surface area contributed by atoms with E-state index < -0.39 is 0 Å². The molecular formula is C13H19N3O. The number of hydrogen-bond acceptors (Lipinski definition) is 3. The molecular weight excluding hydrogens is 214 g/mol. The Morgan fingerprint density at radius 2 is 2.35 bits per heavy atom. The van der Waals surface area contributed by atoms with Crippen LogP contribution in [-0.4, -0.2) is 27.2 Å². The number of hydrogen-bond donors (Lipinski definition) is 3. The normalized spacial score (nSPS) is 14.8. The van der Waals surface area contributed by atoms with E-state index in [9.17, 15) is 5.11 Å². The predicted molar refractivity (Wildman–Crippen MR) is 70.1 cm³/mol. The number of fused-ring (bicyclic) bond motifs is 1. The van der Waals surface area contributed by atoms with Crippen LogP contribution in [0.5, 0.6) is 0 Å². The maximum atomic E-state index is 9.87. The van der Waals surface area contributed by atoms with E-state index in [1.165, 1.54) is 0 Å². The summed E-state index contributed by atoms with van der Waals surface area (Å²) in [4.78, 5) is 7.30. The average molecular weight is 233 g/mol. The van der Waals surface area contributed by atoms with Crippen molar-refractivity contribution in [3.05, 3.63) is 24.5 Å². The van der Waals surface area contributed by atoms with E-state index in [-0.39, 0.29) is 12.1 Å². The zero-order valence-electron chi connectivity index (χ0n) is 10.3. The van der Waals surface area contributed by atoms with Crippen molar-refractivity contribution < 1.29 is 5.11 Å². The van der Waals surface area contributed by atoms with Gasteiger partial charge in [-0.2, -0.15) is 0 Å². The number of aromatic nitrogens is 2. The second-order valence-electron chi connectivity index (χ2n) is 4.43. The molecule has 0 aliphatic heterocycles. The van der Waals surface area contributed by atoms with Crippen LogP contribution in [0.1, 0.15) is 26.7 Å². The molecule has 0 amide bonds. The predicted octanol–water partition coefficient (Wildman–Crippen LogP) is 2.52. The van der Waals surface area contributed by atoms with Crippen LogP contribution >= 0.6 is 0 Å². The van der Waals surface area contributed by atoms with E-state index in [4.69, 9.17) is 0 Å². The third kappa shape index (κ3) is 2.77. The Morgan fingerprint density at radius 3 is 3.06 bits per heavy atom. The molecule has 0 fully saturated rings. The smallest absolute Gasteiger partial charge is 0.104 e.